The highest BCUT2D eigenvalue weighted by Crippen LogP contribution is 2.37. The number of benzene rings is 4. The molecule has 0 aliphatic heterocycles. The number of nitro benzene ring substituents is 2. The predicted molar refractivity (Wildman–Crippen MR) is 188 cm³/mol. The van der Waals surface area contributed by atoms with E-state index < -0.39 is 9.85 Å². The number of fused-ring (bicyclic) bond motifs is 2. The lowest BCUT2D eigenvalue weighted by molar-refractivity contribution is -0.385. The number of hydrogen-bond donors (Lipinski definition) is 0. The lowest BCUT2D eigenvalue weighted by atomic mass is 10.00. The van der Waals surface area contributed by atoms with Crippen LogP contribution in [0.25, 0.3) is 44.3 Å². The average molecular weight is 653 g/mol. The van der Waals surface area contributed by atoms with Gasteiger partial charge in [0.25, 0.3) is 11.4 Å². The minimum atomic E-state index is -0.452. The number of carbonyl (C=O) groups is 1. The van der Waals surface area contributed by atoms with Gasteiger partial charge in [0.15, 0.2) is 5.78 Å². The first-order chi connectivity index (χ1) is 23.4. The van der Waals surface area contributed by atoms with Crippen molar-refractivity contribution in [2.24, 2.45) is 0 Å². The molecule has 0 N–H and O–H groups in total. The number of nitro groups is 2. The maximum absolute atomic E-state index is 11.9. The van der Waals surface area contributed by atoms with Crippen molar-refractivity contribution in [1.29, 1.82) is 10.5 Å². The molecule has 11 nitrogen and oxygen atoms in total. The number of aromatic nitrogens is 2. The lowest BCUT2D eigenvalue weighted by Crippen LogP contribution is -1.99. The van der Waals surface area contributed by atoms with Crippen molar-refractivity contribution < 1.29 is 14.6 Å². The summed E-state index contributed by atoms with van der Waals surface area (Å²) in [5.74, 6) is -0.0468. The van der Waals surface area contributed by atoms with E-state index in [0.29, 0.717) is 35.5 Å². The summed E-state index contributed by atoms with van der Waals surface area (Å²) in [4.78, 5) is 32.7. The molecule has 6 aromatic rings. The fourth-order valence-electron chi connectivity index (χ4n) is 6.30. The number of hydrogen-bond acceptors (Lipinski definition) is 7. The van der Waals surface area contributed by atoms with E-state index >= 15 is 0 Å². The molecule has 0 amide bonds. The molecule has 11 heteroatoms. The molecule has 2 heterocycles. The van der Waals surface area contributed by atoms with Gasteiger partial charge in [-0.1, -0.05) is 12.1 Å². The first kappa shape index (κ1) is 33.8. The summed E-state index contributed by atoms with van der Waals surface area (Å²) in [5.41, 5.74) is 8.65. The minimum absolute atomic E-state index is 0.00104. The molecule has 2 aromatic heterocycles. The van der Waals surface area contributed by atoms with Crippen LogP contribution in [0.4, 0.5) is 11.4 Å². The Balaban J connectivity index is 0.000000192. The van der Waals surface area contributed by atoms with E-state index in [4.69, 9.17) is 0 Å². The van der Waals surface area contributed by atoms with E-state index in [1.54, 1.807) is 30.3 Å². The van der Waals surface area contributed by atoms with Crippen molar-refractivity contribution in [1.82, 2.24) is 9.13 Å². The fraction of sp³-hybridized carbons (Fsp3) is 0.184. The molecule has 244 valence electrons. The van der Waals surface area contributed by atoms with E-state index in [9.17, 15) is 35.5 Å². The number of ketones is 1. The Morgan fingerprint density at radius 3 is 1.55 bits per heavy atom. The fourth-order valence-corrected chi connectivity index (χ4v) is 6.30. The number of nitrogens with zero attached hydrogens (tertiary/aromatic N) is 6. The van der Waals surface area contributed by atoms with Gasteiger partial charge in [0.05, 0.1) is 43.4 Å². The zero-order valence-corrected chi connectivity index (χ0v) is 27.6. The Hall–Kier alpha value is -6.59. The van der Waals surface area contributed by atoms with Crippen molar-refractivity contribution >= 4 is 39.0 Å². The molecule has 0 bridgehead atoms. The summed E-state index contributed by atoms with van der Waals surface area (Å²) >= 11 is 0. The topological polar surface area (TPSA) is 161 Å². The number of rotatable bonds is 7. The normalized spacial score (nSPS) is 10.7. The van der Waals surface area contributed by atoms with E-state index in [1.807, 2.05) is 50.5 Å². The second-order valence-electron chi connectivity index (χ2n) is 11.5. The number of nitriles is 2. The minimum Gasteiger partial charge on any atom is -0.340 e. The Labute approximate surface area is 282 Å². The van der Waals surface area contributed by atoms with Gasteiger partial charge in [-0.05, 0) is 88.2 Å². The molecule has 4 aromatic carbocycles. The number of non-ortho nitro benzene ring substituents is 2. The third-order valence-corrected chi connectivity index (χ3v) is 8.57. The van der Waals surface area contributed by atoms with Crippen LogP contribution in [0.2, 0.25) is 0 Å². The van der Waals surface area contributed by atoms with Gasteiger partial charge in [-0.25, -0.2) is 0 Å². The maximum Gasteiger partial charge on any atom is 0.269 e. The summed E-state index contributed by atoms with van der Waals surface area (Å²) in [6, 6.07) is 26.8. The zero-order chi connectivity index (χ0) is 35.6. The summed E-state index contributed by atoms with van der Waals surface area (Å²) in [7, 11) is 0. The van der Waals surface area contributed by atoms with E-state index in [1.165, 1.54) is 31.2 Å². The average Bonchev–Trinajstić information content (AvgIpc) is 3.58. The first-order valence-electron chi connectivity index (χ1n) is 15.6. The molecule has 6 rings (SSSR count). The number of carbonyl (C=O) groups excluding carboxylic acids is 1. The van der Waals surface area contributed by atoms with Crippen molar-refractivity contribution in [3.8, 4) is 34.7 Å². The summed E-state index contributed by atoms with van der Waals surface area (Å²) in [5, 5.41) is 42.7. The van der Waals surface area contributed by atoms with E-state index in [-0.39, 0.29) is 17.2 Å². The van der Waals surface area contributed by atoms with Crippen molar-refractivity contribution in [2.45, 2.75) is 47.7 Å². The number of aryl methyl sites for hydroxylation is 4. The van der Waals surface area contributed by atoms with Crippen LogP contribution in [0.3, 0.4) is 0 Å². The standard InChI is InChI=1S/C20H17N3O3.C18H15N3O2/c1-4-22-19-9-12(2)16(13(3)24)10-17(19)18(11-21)20(22)14-5-7-15(8-6-14)23(25)26;1-3-20-17-10-12(2)4-9-15(17)16(11-19)18(20)13-5-7-14(8-6-13)21(22)23/h5-10H,4H2,1-3H3;4-10H,3H2,1-2H3. The molecular weight excluding hydrogens is 620 g/mol. The summed E-state index contributed by atoms with van der Waals surface area (Å²) < 4.78 is 4.09. The summed E-state index contributed by atoms with van der Waals surface area (Å²) in [6.45, 7) is 10.7. The van der Waals surface area contributed by atoms with Gasteiger partial charge in [0.1, 0.15) is 12.1 Å². The van der Waals surface area contributed by atoms with Gasteiger partial charge >= 0.3 is 0 Å². The summed E-state index contributed by atoms with van der Waals surface area (Å²) in [6.07, 6.45) is 0. The Bertz CT molecular complexity index is 2370. The molecule has 0 saturated heterocycles. The highest BCUT2D eigenvalue weighted by atomic mass is 16.6. The Morgan fingerprint density at radius 2 is 1.14 bits per heavy atom. The molecule has 0 fully saturated rings. The Kier molecular flexibility index (Phi) is 9.40. The molecule has 49 heavy (non-hydrogen) atoms. The smallest absolute Gasteiger partial charge is 0.269 e. The highest BCUT2D eigenvalue weighted by molar-refractivity contribution is 6.03. The third-order valence-electron chi connectivity index (χ3n) is 8.57. The quantitative estimate of drug-likeness (QED) is 0.0944. The first-order valence-corrected chi connectivity index (χ1v) is 15.6. The molecule has 0 unspecified atom stereocenters. The molecule has 0 aliphatic rings. The lowest BCUT2D eigenvalue weighted by Gasteiger charge is -2.09. The highest BCUT2D eigenvalue weighted by Gasteiger charge is 2.21. The van der Waals surface area contributed by atoms with Crippen LogP contribution in [-0.4, -0.2) is 24.8 Å². The van der Waals surface area contributed by atoms with Crippen LogP contribution in [0.1, 0.15) is 53.4 Å². The van der Waals surface area contributed by atoms with Crippen LogP contribution >= 0.6 is 0 Å². The predicted octanol–water partition coefficient (Wildman–Crippen LogP) is 9.04. The maximum atomic E-state index is 11.9. The molecular formula is C38H32N6O5. The van der Waals surface area contributed by atoms with Crippen molar-refractivity contribution in [3.63, 3.8) is 0 Å². The second-order valence-corrected chi connectivity index (χ2v) is 11.5. The zero-order valence-electron chi connectivity index (χ0n) is 27.6. The molecule has 0 aliphatic carbocycles. The Morgan fingerprint density at radius 1 is 0.694 bits per heavy atom. The van der Waals surface area contributed by atoms with Crippen molar-refractivity contribution in [2.75, 3.05) is 0 Å². The van der Waals surface area contributed by atoms with Crippen LogP contribution in [0, 0.1) is 56.7 Å². The monoisotopic (exact) mass is 652 g/mol. The third kappa shape index (κ3) is 6.13. The number of Topliss-reactive ketones (excluding diaryl/α,β-unsaturated/α-hetero) is 1. The van der Waals surface area contributed by atoms with Crippen LogP contribution in [0.15, 0.2) is 78.9 Å². The molecule has 0 atom stereocenters. The van der Waals surface area contributed by atoms with Crippen LogP contribution in [-0.2, 0) is 13.1 Å². The van der Waals surface area contributed by atoms with E-state index in [2.05, 4.69) is 22.8 Å². The van der Waals surface area contributed by atoms with Gasteiger partial charge in [0.2, 0.25) is 0 Å². The van der Waals surface area contributed by atoms with Gasteiger partial charge in [-0.3, -0.25) is 25.0 Å². The van der Waals surface area contributed by atoms with Gasteiger partial charge in [-0.2, -0.15) is 10.5 Å². The van der Waals surface area contributed by atoms with Gasteiger partial charge < -0.3 is 9.13 Å². The van der Waals surface area contributed by atoms with Gasteiger partial charge in [-0.15, -0.1) is 0 Å². The van der Waals surface area contributed by atoms with Crippen molar-refractivity contribution in [3.05, 3.63) is 127 Å². The second kappa shape index (κ2) is 13.6. The van der Waals surface area contributed by atoms with Crippen LogP contribution < -0.4 is 0 Å². The van der Waals surface area contributed by atoms with E-state index in [0.717, 1.165) is 49.8 Å². The van der Waals surface area contributed by atoms with Crippen LogP contribution in [0.5, 0.6) is 0 Å². The van der Waals surface area contributed by atoms with Gasteiger partial charge in [0, 0.05) is 64.8 Å². The largest absolute Gasteiger partial charge is 0.340 e. The SMILES string of the molecule is CCn1c(-c2ccc([N+](=O)[O-])cc2)c(C#N)c2cc(C(C)=O)c(C)cc21.CCn1c(-c2ccc([N+](=O)[O-])cc2)c(C#N)c2ccc(C)cc21. The molecule has 0 saturated carbocycles. The molecule has 0 radical (unpaired) electrons. The molecule has 0 spiro atoms.